The van der Waals surface area contributed by atoms with Gasteiger partial charge in [0.1, 0.15) is 11.6 Å². The number of carbonyl (C=O) groups is 1. The lowest BCUT2D eigenvalue weighted by Crippen LogP contribution is -2.18. The number of nitrogen functional groups attached to an aromatic ring is 1. The first-order valence-electron chi connectivity index (χ1n) is 5.29. The zero-order valence-corrected chi connectivity index (χ0v) is 9.65. The molecule has 1 aromatic carbocycles. The molecular weight excluding hydrogens is 254 g/mol. The second-order valence-corrected chi connectivity index (χ2v) is 3.65. The van der Waals surface area contributed by atoms with E-state index < -0.39 is 17.5 Å². The number of hydrazine groups is 1. The predicted molar refractivity (Wildman–Crippen MR) is 66.4 cm³/mol. The molecule has 1 amide bonds. The van der Waals surface area contributed by atoms with Crippen LogP contribution in [0.4, 0.5) is 20.2 Å². The fourth-order valence-corrected chi connectivity index (χ4v) is 1.54. The molecule has 4 N–H and O–H groups in total. The van der Waals surface area contributed by atoms with Gasteiger partial charge in [0.15, 0.2) is 0 Å². The molecule has 19 heavy (non-hydrogen) atoms. The van der Waals surface area contributed by atoms with Crippen molar-refractivity contribution in [3.05, 3.63) is 53.9 Å². The van der Waals surface area contributed by atoms with Gasteiger partial charge in [0.2, 0.25) is 0 Å². The van der Waals surface area contributed by atoms with E-state index in [9.17, 15) is 13.6 Å². The van der Waals surface area contributed by atoms with Gasteiger partial charge in [-0.15, -0.1) is 0 Å². The highest BCUT2D eigenvalue weighted by Crippen LogP contribution is 2.20. The molecule has 0 aliphatic heterocycles. The monoisotopic (exact) mass is 264 g/mol. The van der Waals surface area contributed by atoms with Crippen molar-refractivity contribution < 1.29 is 13.6 Å². The zero-order valence-electron chi connectivity index (χ0n) is 9.65. The topological polar surface area (TPSA) is 80.0 Å². The number of hydrogen-bond acceptors (Lipinski definition) is 4. The third-order valence-corrected chi connectivity index (χ3v) is 2.37. The van der Waals surface area contributed by atoms with Gasteiger partial charge in [-0.2, -0.15) is 0 Å². The van der Waals surface area contributed by atoms with Crippen LogP contribution in [-0.4, -0.2) is 10.9 Å². The van der Waals surface area contributed by atoms with Gasteiger partial charge in [-0.3, -0.25) is 15.6 Å². The number of carbonyl (C=O) groups excluding carboxylic acids is 1. The van der Waals surface area contributed by atoms with E-state index in [-0.39, 0.29) is 16.9 Å². The van der Waals surface area contributed by atoms with Crippen LogP contribution in [-0.2, 0) is 0 Å². The SMILES string of the molecule is NNc1c(F)cccc1C(=O)Nc1cncc(F)c1. The molecule has 98 valence electrons. The van der Waals surface area contributed by atoms with Gasteiger partial charge in [0.05, 0.1) is 29.3 Å². The molecule has 0 bridgehead atoms. The maximum atomic E-state index is 13.4. The first-order valence-corrected chi connectivity index (χ1v) is 5.29. The van der Waals surface area contributed by atoms with E-state index >= 15 is 0 Å². The van der Waals surface area contributed by atoms with Gasteiger partial charge in [0, 0.05) is 6.07 Å². The van der Waals surface area contributed by atoms with Crippen molar-refractivity contribution in [1.82, 2.24) is 4.98 Å². The minimum absolute atomic E-state index is 0.00626. The van der Waals surface area contributed by atoms with Crippen molar-refractivity contribution >= 4 is 17.3 Å². The van der Waals surface area contributed by atoms with Gasteiger partial charge in [0.25, 0.3) is 5.91 Å². The molecule has 7 heteroatoms. The molecule has 0 aliphatic carbocycles. The minimum Gasteiger partial charge on any atom is -0.321 e. The van der Waals surface area contributed by atoms with Gasteiger partial charge < -0.3 is 10.7 Å². The second-order valence-electron chi connectivity index (χ2n) is 3.65. The number of aromatic nitrogens is 1. The molecule has 1 aromatic heterocycles. The molecule has 2 aromatic rings. The van der Waals surface area contributed by atoms with Crippen LogP contribution < -0.4 is 16.6 Å². The lowest BCUT2D eigenvalue weighted by atomic mass is 10.1. The van der Waals surface area contributed by atoms with E-state index in [1.54, 1.807) is 0 Å². The maximum absolute atomic E-state index is 13.4. The normalized spacial score (nSPS) is 10.1. The Balaban J connectivity index is 2.28. The molecule has 2 rings (SSSR count). The number of benzene rings is 1. The summed E-state index contributed by atoms with van der Waals surface area (Å²) in [5, 5.41) is 2.40. The molecule has 0 unspecified atom stereocenters. The molecule has 0 atom stereocenters. The molecule has 0 spiro atoms. The Hall–Kier alpha value is -2.54. The Kier molecular flexibility index (Phi) is 3.67. The average Bonchev–Trinajstić information content (AvgIpc) is 2.38. The third-order valence-electron chi connectivity index (χ3n) is 2.37. The molecule has 0 saturated heterocycles. The standard InChI is InChI=1S/C12H10F2N4O/c13-7-4-8(6-16-5-7)17-12(19)9-2-1-3-10(14)11(9)18-15/h1-6,18H,15H2,(H,17,19). The van der Waals surface area contributed by atoms with Crippen LogP contribution in [0.15, 0.2) is 36.7 Å². The summed E-state index contributed by atoms with van der Waals surface area (Å²) in [4.78, 5) is 15.5. The molecule has 5 nitrogen and oxygen atoms in total. The summed E-state index contributed by atoms with van der Waals surface area (Å²) < 4.78 is 26.3. The Morgan fingerprint density at radius 1 is 1.26 bits per heavy atom. The molecule has 0 radical (unpaired) electrons. The van der Waals surface area contributed by atoms with E-state index in [0.717, 1.165) is 18.3 Å². The number of nitrogens with one attached hydrogen (secondary N) is 2. The van der Waals surface area contributed by atoms with Crippen LogP contribution in [0.25, 0.3) is 0 Å². The van der Waals surface area contributed by atoms with Crippen LogP contribution in [0.2, 0.25) is 0 Å². The van der Waals surface area contributed by atoms with Crippen molar-refractivity contribution in [3.63, 3.8) is 0 Å². The summed E-state index contributed by atoms with van der Waals surface area (Å²) in [6.45, 7) is 0. The van der Waals surface area contributed by atoms with Crippen LogP contribution in [0.5, 0.6) is 0 Å². The van der Waals surface area contributed by atoms with Gasteiger partial charge in [-0.05, 0) is 12.1 Å². The van der Waals surface area contributed by atoms with E-state index in [1.165, 1.54) is 18.3 Å². The summed E-state index contributed by atoms with van der Waals surface area (Å²) in [7, 11) is 0. The Morgan fingerprint density at radius 3 is 2.74 bits per heavy atom. The number of pyridine rings is 1. The number of rotatable bonds is 3. The Bertz CT molecular complexity index is 618. The molecular formula is C12H10F2N4O. The summed E-state index contributed by atoms with van der Waals surface area (Å²) in [6.07, 6.45) is 2.28. The van der Waals surface area contributed by atoms with Crippen LogP contribution in [0.3, 0.4) is 0 Å². The number of para-hydroxylation sites is 1. The predicted octanol–water partition coefficient (Wildman–Crippen LogP) is 1.90. The Morgan fingerprint density at radius 2 is 2.05 bits per heavy atom. The number of nitrogens with two attached hydrogens (primary N) is 1. The van der Waals surface area contributed by atoms with Crippen LogP contribution >= 0.6 is 0 Å². The number of halogens is 2. The highest BCUT2D eigenvalue weighted by molar-refractivity contribution is 6.08. The minimum atomic E-state index is -0.660. The van der Waals surface area contributed by atoms with Crippen molar-refractivity contribution in [2.75, 3.05) is 10.7 Å². The molecule has 0 fully saturated rings. The highest BCUT2D eigenvalue weighted by Gasteiger charge is 2.14. The lowest BCUT2D eigenvalue weighted by Gasteiger charge is -2.10. The number of anilines is 2. The van der Waals surface area contributed by atoms with Gasteiger partial charge >= 0.3 is 0 Å². The van der Waals surface area contributed by atoms with Crippen LogP contribution in [0, 0.1) is 11.6 Å². The molecule has 0 aliphatic rings. The summed E-state index contributed by atoms with van der Waals surface area (Å²) >= 11 is 0. The molecule has 0 saturated carbocycles. The highest BCUT2D eigenvalue weighted by atomic mass is 19.1. The number of hydrogen-bond donors (Lipinski definition) is 3. The van der Waals surface area contributed by atoms with E-state index in [2.05, 4.69) is 15.7 Å². The fourth-order valence-electron chi connectivity index (χ4n) is 1.54. The van der Waals surface area contributed by atoms with Gasteiger partial charge in [-0.25, -0.2) is 8.78 Å². The van der Waals surface area contributed by atoms with E-state index in [0.29, 0.717) is 0 Å². The molecule has 1 heterocycles. The second kappa shape index (κ2) is 5.40. The number of amides is 1. The average molecular weight is 264 g/mol. The zero-order chi connectivity index (χ0) is 13.8. The largest absolute Gasteiger partial charge is 0.321 e. The van der Waals surface area contributed by atoms with Crippen molar-refractivity contribution in [2.24, 2.45) is 5.84 Å². The fraction of sp³-hybridized carbons (Fsp3) is 0. The lowest BCUT2D eigenvalue weighted by molar-refractivity contribution is 0.102. The van der Waals surface area contributed by atoms with Crippen LogP contribution in [0.1, 0.15) is 10.4 Å². The Labute approximate surface area is 107 Å². The third kappa shape index (κ3) is 2.83. The van der Waals surface area contributed by atoms with Crippen molar-refractivity contribution in [1.29, 1.82) is 0 Å². The smallest absolute Gasteiger partial charge is 0.257 e. The van der Waals surface area contributed by atoms with E-state index in [1.807, 2.05) is 0 Å². The van der Waals surface area contributed by atoms with E-state index in [4.69, 9.17) is 5.84 Å². The van der Waals surface area contributed by atoms with Gasteiger partial charge in [-0.1, -0.05) is 6.07 Å². The first kappa shape index (κ1) is 12.9. The maximum Gasteiger partial charge on any atom is 0.257 e. The summed E-state index contributed by atoms with van der Waals surface area (Å²) in [6, 6.07) is 5.02. The van der Waals surface area contributed by atoms with Crippen molar-refractivity contribution in [2.45, 2.75) is 0 Å². The summed E-state index contributed by atoms with van der Waals surface area (Å²) in [5.41, 5.74) is 2.15. The first-order chi connectivity index (χ1) is 9.11. The quantitative estimate of drug-likeness (QED) is 0.584. The number of nitrogens with zero attached hydrogens (tertiary/aromatic N) is 1. The van der Waals surface area contributed by atoms with Crippen molar-refractivity contribution in [3.8, 4) is 0 Å². The summed E-state index contributed by atoms with van der Waals surface area (Å²) in [5.74, 6) is 3.29.